The summed E-state index contributed by atoms with van der Waals surface area (Å²) in [5.74, 6) is -0.650. The lowest BCUT2D eigenvalue weighted by Crippen LogP contribution is -2.22. The van der Waals surface area contributed by atoms with Crippen LogP contribution in [0, 0.1) is 6.92 Å². The molecule has 0 unspecified atom stereocenters. The number of hydrogen-bond acceptors (Lipinski definition) is 4. The summed E-state index contributed by atoms with van der Waals surface area (Å²) < 4.78 is 45.2. The average molecular weight is 540 g/mol. The molecule has 0 saturated heterocycles. The molecule has 3 aromatic carbocycles. The quantitative estimate of drug-likeness (QED) is 0.270. The Kier molecular flexibility index (Phi) is 6.71. The van der Waals surface area contributed by atoms with Gasteiger partial charge in [0.1, 0.15) is 5.76 Å². The number of carbonyl (C=O) groups is 2. The third kappa shape index (κ3) is 4.89. The van der Waals surface area contributed by atoms with Crippen LogP contribution < -0.4 is 10.7 Å². The number of fused-ring (bicyclic) bond motifs is 2. The second-order valence-electron chi connectivity index (χ2n) is 8.88. The SMILES string of the molecule is Cc1c(C(=O)Nc2cc(C(F)(F)F)ccc2Cl)oc2c1/C(=N/NC(=O)c1cccc3ccccc13)CCC2. The van der Waals surface area contributed by atoms with Crippen molar-refractivity contribution in [3.63, 3.8) is 0 Å². The number of nitrogens with zero attached hydrogens (tertiary/aromatic N) is 1. The molecule has 6 nitrogen and oxygen atoms in total. The van der Waals surface area contributed by atoms with E-state index >= 15 is 0 Å². The first kappa shape index (κ1) is 25.5. The molecule has 2 N–H and O–H groups in total. The molecule has 5 rings (SSSR count). The van der Waals surface area contributed by atoms with Crippen LogP contribution >= 0.6 is 11.6 Å². The molecule has 0 fully saturated rings. The van der Waals surface area contributed by atoms with Gasteiger partial charge in [-0.2, -0.15) is 18.3 Å². The minimum absolute atomic E-state index is 0.0428. The van der Waals surface area contributed by atoms with E-state index in [1.807, 2.05) is 30.3 Å². The predicted octanol–water partition coefficient (Wildman–Crippen LogP) is 7.14. The lowest BCUT2D eigenvalue weighted by atomic mass is 9.93. The molecule has 0 bridgehead atoms. The molecule has 194 valence electrons. The molecule has 0 atom stereocenters. The molecule has 2 amide bonds. The number of furan rings is 1. The van der Waals surface area contributed by atoms with Gasteiger partial charge in [-0.3, -0.25) is 9.59 Å². The van der Waals surface area contributed by atoms with Crippen LogP contribution in [0.2, 0.25) is 5.02 Å². The molecule has 38 heavy (non-hydrogen) atoms. The number of rotatable bonds is 4. The van der Waals surface area contributed by atoms with Gasteiger partial charge in [0, 0.05) is 23.1 Å². The highest BCUT2D eigenvalue weighted by atomic mass is 35.5. The van der Waals surface area contributed by atoms with E-state index in [-0.39, 0.29) is 22.4 Å². The largest absolute Gasteiger partial charge is 0.455 e. The number of amides is 2. The second-order valence-corrected chi connectivity index (χ2v) is 9.29. The van der Waals surface area contributed by atoms with Gasteiger partial charge in [0.25, 0.3) is 11.8 Å². The van der Waals surface area contributed by atoms with Crippen LogP contribution in [0.1, 0.15) is 56.2 Å². The molecule has 1 aliphatic rings. The highest BCUT2D eigenvalue weighted by molar-refractivity contribution is 6.34. The predicted molar refractivity (Wildman–Crippen MR) is 139 cm³/mol. The average Bonchev–Trinajstić information content (AvgIpc) is 3.24. The number of carbonyl (C=O) groups excluding carboxylic acids is 2. The van der Waals surface area contributed by atoms with E-state index in [1.165, 1.54) is 0 Å². The summed E-state index contributed by atoms with van der Waals surface area (Å²) >= 11 is 6.03. The van der Waals surface area contributed by atoms with Crippen molar-refractivity contribution in [3.05, 3.63) is 99.5 Å². The maximum absolute atomic E-state index is 13.1. The molecule has 0 aliphatic heterocycles. The van der Waals surface area contributed by atoms with Crippen LogP contribution in [-0.2, 0) is 12.6 Å². The summed E-state index contributed by atoms with van der Waals surface area (Å²) in [6.07, 6.45) is -2.82. The van der Waals surface area contributed by atoms with Gasteiger partial charge in [0.2, 0.25) is 0 Å². The highest BCUT2D eigenvalue weighted by Gasteiger charge is 2.32. The van der Waals surface area contributed by atoms with Crippen LogP contribution in [0.4, 0.5) is 18.9 Å². The van der Waals surface area contributed by atoms with Crippen molar-refractivity contribution in [2.45, 2.75) is 32.4 Å². The number of alkyl halides is 3. The lowest BCUT2D eigenvalue weighted by molar-refractivity contribution is -0.137. The van der Waals surface area contributed by atoms with Crippen LogP contribution in [0.15, 0.2) is 70.2 Å². The number of anilines is 1. The molecule has 4 aromatic rings. The Labute approximate surface area is 220 Å². The van der Waals surface area contributed by atoms with E-state index in [2.05, 4.69) is 15.8 Å². The fourth-order valence-electron chi connectivity index (χ4n) is 4.58. The van der Waals surface area contributed by atoms with Gasteiger partial charge < -0.3 is 9.73 Å². The third-order valence-corrected chi connectivity index (χ3v) is 6.73. The zero-order chi connectivity index (χ0) is 27.0. The summed E-state index contributed by atoms with van der Waals surface area (Å²) in [6.45, 7) is 1.67. The van der Waals surface area contributed by atoms with Gasteiger partial charge in [0.05, 0.1) is 22.0 Å². The molecule has 10 heteroatoms. The van der Waals surface area contributed by atoms with Gasteiger partial charge in [-0.15, -0.1) is 0 Å². The zero-order valence-corrected chi connectivity index (χ0v) is 20.8. The van der Waals surface area contributed by atoms with Crippen molar-refractivity contribution >= 4 is 45.6 Å². The van der Waals surface area contributed by atoms with Crippen molar-refractivity contribution in [1.82, 2.24) is 5.43 Å². The van der Waals surface area contributed by atoms with E-state index in [0.29, 0.717) is 47.4 Å². The Morgan fingerprint density at radius 1 is 1.00 bits per heavy atom. The number of hydrazone groups is 1. The number of benzene rings is 3. The van der Waals surface area contributed by atoms with E-state index < -0.39 is 17.6 Å². The van der Waals surface area contributed by atoms with E-state index in [0.717, 1.165) is 29.0 Å². The first-order chi connectivity index (χ1) is 18.1. The van der Waals surface area contributed by atoms with Gasteiger partial charge in [-0.05, 0) is 54.8 Å². The van der Waals surface area contributed by atoms with Crippen LogP contribution in [-0.4, -0.2) is 17.5 Å². The van der Waals surface area contributed by atoms with Gasteiger partial charge in [-0.25, -0.2) is 5.43 Å². The first-order valence-electron chi connectivity index (χ1n) is 11.8. The number of hydrogen-bond donors (Lipinski definition) is 2. The molecule has 0 spiro atoms. The fourth-order valence-corrected chi connectivity index (χ4v) is 4.74. The van der Waals surface area contributed by atoms with E-state index in [4.69, 9.17) is 16.0 Å². The van der Waals surface area contributed by atoms with Gasteiger partial charge in [0.15, 0.2) is 5.76 Å². The standard InChI is InChI=1S/C28H21ClF3N3O3/c1-15-24-21(34-35-26(36)19-9-4-7-16-6-2-3-8-18(16)19)10-5-11-23(24)38-25(15)27(37)33-22-14-17(28(30,31)32)12-13-20(22)29/h2-4,6-9,12-14H,5,10-11H2,1H3,(H,33,37)(H,35,36)/b34-21+. The van der Waals surface area contributed by atoms with E-state index in [9.17, 15) is 22.8 Å². The summed E-state index contributed by atoms with van der Waals surface area (Å²) in [4.78, 5) is 25.9. The summed E-state index contributed by atoms with van der Waals surface area (Å²) in [6, 6.07) is 15.6. The van der Waals surface area contributed by atoms with Crippen molar-refractivity contribution in [1.29, 1.82) is 0 Å². The van der Waals surface area contributed by atoms with E-state index in [1.54, 1.807) is 19.1 Å². The Morgan fingerprint density at radius 3 is 2.55 bits per heavy atom. The van der Waals surface area contributed by atoms with Crippen molar-refractivity contribution in [2.75, 3.05) is 5.32 Å². The lowest BCUT2D eigenvalue weighted by Gasteiger charge is -2.14. The fraction of sp³-hybridized carbons (Fsp3) is 0.179. The number of aryl methyl sites for hydroxylation is 1. The first-order valence-corrected chi connectivity index (χ1v) is 12.2. The van der Waals surface area contributed by atoms with Gasteiger partial charge in [-0.1, -0.05) is 48.0 Å². The zero-order valence-electron chi connectivity index (χ0n) is 20.1. The Morgan fingerprint density at radius 2 is 1.76 bits per heavy atom. The van der Waals surface area contributed by atoms with Crippen LogP contribution in [0.3, 0.4) is 0 Å². The molecule has 1 aromatic heterocycles. The van der Waals surface area contributed by atoms with Crippen molar-refractivity contribution in [2.24, 2.45) is 5.10 Å². The Balaban J connectivity index is 1.40. The van der Waals surface area contributed by atoms with Crippen molar-refractivity contribution < 1.29 is 27.2 Å². The smallest absolute Gasteiger partial charge is 0.416 e. The van der Waals surface area contributed by atoms with Gasteiger partial charge >= 0.3 is 6.18 Å². The maximum Gasteiger partial charge on any atom is 0.416 e. The molecule has 0 radical (unpaired) electrons. The highest BCUT2D eigenvalue weighted by Crippen LogP contribution is 2.35. The molecular weight excluding hydrogens is 519 g/mol. The topological polar surface area (TPSA) is 83.7 Å². The number of halogens is 4. The molecule has 1 heterocycles. The summed E-state index contributed by atoms with van der Waals surface area (Å²) in [5, 5.41) is 8.45. The number of nitrogens with one attached hydrogen (secondary N) is 2. The van der Waals surface area contributed by atoms with Crippen LogP contribution in [0.5, 0.6) is 0 Å². The van der Waals surface area contributed by atoms with Crippen LogP contribution in [0.25, 0.3) is 10.8 Å². The minimum Gasteiger partial charge on any atom is -0.455 e. The minimum atomic E-state index is -4.59. The normalized spacial score (nSPS) is 14.4. The second kappa shape index (κ2) is 9.98. The molecule has 1 aliphatic carbocycles. The molecular formula is C28H21ClF3N3O3. The summed E-state index contributed by atoms with van der Waals surface area (Å²) in [5.41, 5.74) is 3.60. The van der Waals surface area contributed by atoms with Crippen molar-refractivity contribution in [3.8, 4) is 0 Å². The maximum atomic E-state index is 13.1. The molecule has 0 saturated carbocycles. The third-order valence-electron chi connectivity index (χ3n) is 6.40. The Hall–Kier alpha value is -4.11. The Bertz CT molecular complexity index is 1600. The monoisotopic (exact) mass is 539 g/mol. The summed E-state index contributed by atoms with van der Waals surface area (Å²) in [7, 11) is 0.